The van der Waals surface area contributed by atoms with Crippen LogP contribution in [0.15, 0.2) is 65.5 Å². The number of benzene rings is 2. The first-order valence-electron chi connectivity index (χ1n) is 6.69. The summed E-state index contributed by atoms with van der Waals surface area (Å²) in [5, 5.41) is 0.502. The van der Waals surface area contributed by atoms with Crippen molar-refractivity contribution < 1.29 is 4.79 Å². The van der Waals surface area contributed by atoms with Crippen LogP contribution in [0.2, 0.25) is 5.02 Å². The molecular formula is C17H12ClNO2S. The van der Waals surface area contributed by atoms with Crippen LogP contribution >= 0.6 is 23.1 Å². The molecule has 0 spiro atoms. The van der Waals surface area contributed by atoms with Gasteiger partial charge in [0.1, 0.15) is 0 Å². The largest absolute Gasteiger partial charge is 0.288 e. The van der Waals surface area contributed by atoms with Crippen molar-refractivity contribution >= 4 is 28.9 Å². The van der Waals surface area contributed by atoms with Crippen molar-refractivity contribution in [2.24, 2.45) is 0 Å². The van der Waals surface area contributed by atoms with Gasteiger partial charge in [-0.1, -0.05) is 65.6 Å². The molecule has 0 amide bonds. The molecular weight excluding hydrogens is 318 g/mol. The van der Waals surface area contributed by atoms with Crippen molar-refractivity contribution in [1.29, 1.82) is 0 Å². The Labute approximate surface area is 136 Å². The molecule has 0 unspecified atom stereocenters. The standard InChI is InChI=1S/C17H12ClNO2S/c18-14-8-4-7-13(9-14)17(21)15-10-16(20)19(22-15)11-12-5-2-1-3-6-12/h1-10H,11H2. The van der Waals surface area contributed by atoms with Crippen LogP contribution in [0.3, 0.4) is 0 Å². The molecule has 0 bridgehead atoms. The van der Waals surface area contributed by atoms with E-state index < -0.39 is 0 Å². The van der Waals surface area contributed by atoms with Crippen LogP contribution in [-0.2, 0) is 6.54 Å². The lowest BCUT2D eigenvalue weighted by Crippen LogP contribution is -2.12. The summed E-state index contributed by atoms with van der Waals surface area (Å²) in [4.78, 5) is 24.9. The van der Waals surface area contributed by atoms with Gasteiger partial charge < -0.3 is 0 Å². The molecule has 0 aliphatic heterocycles. The fraction of sp³-hybridized carbons (Fsp3) is 0.0588. The number of hydrogen-bond acceptors (Lipinski definition) is 3. The van der Waals surface area contributed by atoms with E-state index in [2.05, 4.69) is 0 Å². The molecule has 0 saturated carbocycles. The second-order valence-corrected chi connectivity index (χ2v) is 6.30. The molecule has 0 aliphatic rings. The van der Waals surface area contributed by atoms with Crippen molar-refractivity contribution in [2.45, 2.75) is 6.54 Å². The third-order valence-corrected chi connectivity index (χ3v) is 4.45. The van der Waals surface area contributed by atoms with E-state index in [9.17, 15) is 9.59 Å². The first kappa shape index (κ1) is 14.8. The molecule has 0 radical (unpaired) electrons. The van der Waals surface area contributed by atoms with E-state index in [4.69, 9.17) is 11.6 Å². The van der Waals surface area contributed by atoms with Crippen LogP contribution in [0.1, 0.15) is 20.8 Å². The number of aromatic nitrogens is 1. The van der Waals surface area contributed by atoms with Gasteiger partial charge in [-0.2, -0.15) is 0 Å². The quantitative estimate of drug-likeness (QED) is 0.682. The van der Waals surface area contributed by atoms with Crippen molar-refractivity contribution in [3.05, 3.63) is 92.0 Å². The van der Waals surface area contributed by atoms with Crippen LogP contribution in [0.4, 0.5) is 0 Å². The summed E-state index contributed by atoms with van der Waals surface area (Å²) < 4.78 is 1.58. The summed E-state index contributed by atoms with van der Waals surface area (Å²) in [5.74, 6) is -0.184. The highest BCUT2D eigenvalue weighted by Crippen LogP contribution is 2.17. The Morgan fingerprint density at radius 1 is 1.05 bits per heavy atom. The van der Waals surface area contributed by atoms with Gasteiger partial charge in [-0.05, 0) is 17.7 Å². The maximum absolute atomic E-state index is 12.4. The number of ketones is 1. The predicted molar refractivity (Wildman–Crippen MR) is 89.0 cm³/mol. The van der Waals surface area contributed by atoms with Crippen LogP contribution in [-0.4, -0.2) is 9.74 Å². The molecule has 110 valence electrons. The van der Waals surface area contributed by atoms with Gasteiger partial charge in [0.2, 0.25) is 5.78 Å². The van der Waals surface area contributed by atoms with Gasteiger partial charge in [0.25, 0.3) is 5.56 Å². The maximum Gasteiger partial charge on any atom is 0.261 e. The molecule has 0 saturated heterocycles. The number of carbonyl (C=O) groups is 1. The number of nitrogens with zero attached hydrogens (tertiary/aromatic N) is 1. The SMILES string of the molecule is O=C(c1cccc(Cl)c1)c1cc(=O)n(Cc2ccccc2)s1. The Morgan fingerprint density at radius 2 is 1.82 bits per heavy atom. The van der Waals surface area contributed by atoms with E-state index in [1.165, 1.54) is 17.6 Å². The summed E-state index contributed by atoms with van der Waals surface area (Å²) >= 11 is 7.08. The van der Waals surface area contributed by atoms with Crippen molar-refractivity contribution in [1.82, 2.24) is 3.96 Å². The first-order chi connectivity index (χ1) is 10.6. The zero-order valence-corrected chi connectivity index (χ0v) is 13.1. The van der Waals surface area contributed by atoms with Crippen LogP contribution in [0.5, 0.6) is 0 Å². The summed E-state index contributed by atoms with van der Waals surface area (Å²) in [6.07, 6.45) is 0. The molecule has 0 atom stereocenters. The molecule has 3 aromatic rings. The lowest BCUT2D eigenvalue weighted by atomic mass is 10.1. The lowest BCUT2D eigenvalue weighted by molar-refractivity contribution is 0.104. The van der Waals surface area contributed by atoms with Crippen LogP contribution < -0.4 is 5.56 Å². The Kier molecular flexibility index (Phi) is 4.22. The van der Waals surface area contributed by atoms with Gasteiger partial charge in [-0.15, -0.1) is 0 Å². The maximum atomic E-state index is 12.4. The minimum atomic E-state index is -0.184. The number of hydrogen-bond donors (Lipinski definition) is 0. The van der Waals surface area contributed by atoms with Gasteiger partial charge >= 0.3 is 0 Å². The van der Waals surface area contributed by atoms with E-state index >= 15 is 0 Å². The predicted octanol–water partition coefficient (Wildman–Crippen LogP) is 3.84. The summed E-state index contributed by atoms with van der Waals surface area (Å²) in [7, 11) is 0. The van der Waals surface area contributed by atoms with Gasteiger partial charge in [0, 0.05) is 16.7 Å². The molecule has 3 rings (SSSR count). The molecule has 1 aromatic heterocycles. The van der Waals surface area contributed by atoms with Crippen molar-refractivity contribution in [2.75, 3.05) is 0 Å². The van der Waals surface area contributed by atoms with Crippen molar-refractivity contribution in [3.8, 4) is 0 Å². The normalized spacial score (nSPS) is 10.6. The number of halogens is 1. The van der Waals surface area contributed by atoms with Gasteiger partial charge in [0.15, 0.2) is 0 Å². The summed E-state index contributed by atoms with van der Waals surface area (Å²) in [6.45, 7) is 0.465. The van der Waals surface area contributed by atoms with Gasteiger partial charge in [-0.25, -0.2) is 0 Å². The second-order valence-electron chi connectivity index (χ2n) is 4.80. The molecule has 3 nitrogen and oxygen atoms in total. The topological polar surface area (TPSA) is 39.1 Å². The van der Waals surface area contributed by atoms with E-state index in [-0.39, 0.29) is 11.3 Å². The average Bonchev–Trinajstić information content (AvgIpc) is 2.88. The minimum absolute atomic E-state index is 0.167. The third kappa shape index (κ3) is 3.18. The smallest absolute Gasteiger partial charge is 0.261 e. The minimum Gasteiger partial charge on any atom is -0.288 e. The fourth-order valence-corrected chi connectivity index (χ4v) is 3.25. The fourth-order valence-electron chi connectivity index (χ4n) is 2.11. The molecule has 1 heterocycles. The average molecular weight is 330 g/mol. The number of rotatable bonds is 4. The van der Waals surface area contributed by atoms with E-state index in [1.54, 1.807) is 28.2 Å². The van der Waals surface area contributed by atoms with E-state index in [0.29, 0.717) is 22.0 Å². The summed E-state index contributed by atoms with van der Waals surface area (Å²) in [6, 6.07) is 17.8. The molecule has 5 heteroatoms. The van der Waals surface area contributed by atoms with Gasteiger partial charge in [0.05, 0.1) is 11.4 Å². The van der Waals surface area contributed by atoms with Crippen LogP contribution in [0.25, 0.3) is 0 Å². The molecule has 22 heavy (non-hydrogen) atoms. The molecule has 0 fully saturated rings. The monoisotopic (exact) mass is 329 g/mol. The first-order valence-corrected chi connectivity index (χ1v) is 7.84. The Morgan fingerprint density at radius 3 is 2.55 bits per heavy atom. The highest BCUT2D eigenvalue weighted by molar-refractivity contribution is 7.08. The van der Waals surface area contributed by atoms with Crippen LogP contribution in [0, 0.1) is 0 Å². The Balaban J connectivity index is 1.89. The Bertz CT molecular complexity index is 868. The molecule has 0 N–H and O–H groups in total. The molecule has 0 aliphatic carbocycles. The van der Waals surface area contributed by atoms with E-state index in [1.807, 2.05) is 30.3 Å². The zero-order valence-electron chi connectivity index (χ0n) is 11.5. The van der Waals surface area contributed by atoms with Gasteiger partial charge in [-0.3, -0.25) is 13.5 Å². The lowest BCUT2D eigenvalue weighted by Gasteiger charge is -2.01. The highest BCUT2D eigenvalue weighted by Gasteiger charge is 2.14. The third-order valence-electron chi connectivity index (χ3n) is 3.19. The number of carbonyl (C=O) groups excluding carboxylic acids is 1. The summed E-state index contributed by atoms with van der Waals surface area (Å²) in [5.41, 5.74) is 1.34. The van der Waals surface area contributed by atoms with E-state index in [0.717, 1.165) is 5.56 Å². The highest BCUT2D eigenvalue weighted by atomic mass is 35.5. The van der Waals surface area contributed by atoms with Crippen molar-refractivity contribution in [3.63, 3.8) is 0 Å². The zero-order chi connectivity index (χ0) is 15.5. The second kappa shape index (κ2) is 6.30. The molecule has 2 aromatic carbocycles. The Hall–Kier alpha value is -2.17.